The molecule has 0 aliphatic carbocycles. The number of piperidine rings is 1. The number of fused-ring (bicyclic) bond motifs is 1. The number of rotatable bonds is 2. The van der Waals surface area contributed by atoms with Gasteiger partial charge in [0, 0.05) is 24.7 Å². The quantitative estimate of drug-likeness (QED) is 0.795. The Morgan fingerprint density at radius 3 is 2.83 bits per heavy atom. The summed E-state index contributed by atoms with van der Waals surface area (Å²) in [7, 11) is 1.99. The summed E-state index contributed by atoms with van der Waals surface area (Å²) in [5, 5.41) is 19.5. The second-order valence-electron chi connectivity index (χ2n) is 5.42. The first-order valence-electron chi connectivity index (χ1n) is 6.43. The number of hydrogen-bond acceptors (Lipinski definition) is 4. The highest BCUT2D eigenvalue weighted by Gasteiger charge is 2.43. The molecule has 18 heavy (non-hydrogen) atoms. The first kappa shape index (κ1) is 11.7. The van der Waals surface area contributed by atoms with Gasteiger partial charge >= 0.3 is 0 Å². The molecule has 4 nitrogen and oxygen atoms in total. The van der Waals surface area contributed by atoms with Crippen LogP contribution < -0.4 is 0 Å². The maximum Gasteiger partial charge on any atom is 0.0488 e. The van der Waals surface area contributed by atoms with Crippen molar-refractivity contribution in [3.8, 4) is 0 Å². The Labute approximate surface area is 107 Å². The lowest BCUT2D eigenvalue weighted by molar-refractivity contribution is 0.205. The Bertz CT molecular complexity index is 459. The molecule has 1 saturated heterocycles. The third kappa shape index (κ3) is 2.02. The highest BCUT2D eigenvalue weighted by molar-refractivity contribution is 5.93. The molecule has 2 aliphatic heterocycles. The van der Waals surface area contributed by atoms with Crippen molar-refractivity contribution in [1.29, 1.82) is 0 Å². The molecule has 0 saturated carbocycles. The molecule has 0 spiro atoms. The number of nitrogens with zero attached hydrogens (tertiary/aromatic N) is 3. The predicted molar refractivity (Wildman–Crippen MR) is 72.2 cm³/mol. The number of hydrazone groups is 1. The lowest BCUT2D eigenvalue weighted by atomic mass is 9.74. The van der Waals surface area contributed by atoms with Crippen LogP contribution in [0, 0.1) is 10.6 Å². The van der Waals surface area contributed by atoms with E-state index in [-0.39, 0.29) is 5.41 Å². The van der Waals surface area contributed by atoms with Gasteiger partial charge in [0.15, 0.2) is 0 Å². The van der Waals surface area contributed by atoms with Gasteiger partial charge in [-0.15, -0.1) is 0 Å². The smallest absolute Gasteiger partial charge is 0.0488 e. The maximum atomic E-state index is 11.8. The highest BCUT2D eigenvalue weighted by Crippen LogP contribution is 2.36. The molecule has 4 heteroatoms. The Morgan fingerprint density at radius 1 is 1.28 bits per heavy atom. The Kier molecular flexibility index (Phi) is 2.84. The molecule has 0 bridgehead atoms. The third-order valence-corrected chi connectivity index (χ3v) is 3.90. The summed E-state index contributed by atoms with van der Waals surface area (Å²) in [6.45, 7) is 2.02. The summed E-state index contributed by atoms with van der Waals surface area (Å²) in [6, 6.07) is 10.4. The molecule has 96 valence electrons. The molecule has 0 aromatic heterocycles. The van der Waals surface area contributed by atoms with Crippen molar-refractivity contribution < 1.29 is 0 Å². The van der Waals surface area contributed by atoms with E-state index in [4.69, 9.17) is 0 Å². The van der Waals surface area contributed by atoms with Crippen molar-refractivity contribution in [2.24, 2.45) is 10.5 Å². The third-order valence-electron chi connectivity index (χ3n) is 3.90. The zero-order valence-electron chi connectivity index (χ0n) is 10.7. The molecule has 3 rings (SSSR count). The van der Waals surface area contributed by atoms with Gasteiger partial charge in [0.25, 0.3) is 0 Å². The van der Waals surface area contributed by atoms with Crippen LogP contribution >= 0.6 is 0 Å². The van der Waals surface area contributed by atoms with Gasteiger partial charge in [-0.25, -0.2) is 0 Å². The summed E-state index contributed by atoms with van der Waals surface area (Å²) in [6.07, 6.45) is 1.72. The molecule has 0 radical (unpaired) electrons. The minimum Gasteiger partial charge on any atom is -0.785 e. The summed E-state index contributed by atoms with van der Waals surface area (Å²) >= 11 is 0. The van der Waals surface area contributed by atoms with Crippen molar-refractivity contribution in [2.45, 2.75) is 12.8 Å². The van der Waals surface area contributed by atoms with Gasteiger partial charge in [0.2, 0.25) is 0 Å². The van der Waals surface area contributed by atoms with Crippen LogP contribution in [0.25, 0.3) is 0 Å². The highest BCUT2D eigenvalue weighted by atomic mass is 16.5. The number of benzene rings is 1. The van der Waals surface area contributed by atoms with Crippen molar-refractivity contribution in [2.75, 3.05) is 26.7 Å². The van der Waals surface area contributed by atoms with Gasteiger partial charge in [0.05, 0.1) is 0 Å². The summed E-state index contributed by atoms with van der Waals surface area (Å²) in [4.78, 5) is 0. The average Bonchev–Trinajstić information content (AvgIpc) is 2.65. The van der Waals surface area contributed by atoms with E-state index in [1.807, 2.05) is 18.1 Å². The van der Waals surface area contributed by atoms with Crippen molar-refractivity contribution in [3.05, 3.63) is 41.1 Å². The fourth-order valence-corrected chi connectivity index (χ4v) is 3.18. The molecule has 0 N–H and O–H groups in total. The summed E-state index contributed by atoms with van der Waals surface area (Å²) in [5.74, 6) is 0. The minimum atomic E-state index is -0.0733. The molecule has 2 heterocycles. The molecular weight excluding hydrogens is 226 g/mol. The van der Waals surface area contributed by atoms with Gasteiger partial charge in [-0.3, -0.25) is 5.01 Å². The van der Waals surface area contributed by atoms with Gasteiger partial charge in [-0.1, -0.05) is 30.3 Å². The molecule has 1 aromatic carbocycles. The van der Waals surface area contributed by atoms with Gasteiger partial charge in [0.1, 0.15) is 0 Å². The second kappa shape index (κ2) is 4.37. The van der Waals surface area contributed by atoms with Crippen molar-refractivity contribution in [3.63, 3.8) is 0 Å². The standard InChI is InChI=1S/C14H18N3O/c1-16-10-14(9-12-5-3-2-4-6-12)11-17(18)8-7-13(14)15-16/h2-6H,7-11H2,1H3/q-1. The van der Waals surface area contributed by atoms with E-state index < -0.39 is 0 Å². The zero-order chi connectivity index (χ0) is 12.6. The summed E-state index contributed by atoms with van der Waals surface area (Å²) in [5.41, 5.74) is 2.42. The van der Waals surface area contributed by atoms with Gasteiger partial charge in [-0.2, -0.15) is 5.10 Å². The second-order valence-corrected chi connectivity index (χ2v) is 5.42. The van der Waals surface area contributed by atoms with E-state index >= 15 is 0 Å². The normalized spacial score (nSPS) is 28.1. The van der Waals surface area contributed by atoms with E-state index in [1.165, 1.54) is 16.3 Å². The van der Waals surface area contributed by atoms with Crippen molar-refractivity contribution in [1.82, 2.24) is 10.1 Å². The maximum absolute atomic E-state index is 11.8. The molecule has 1 aromatic rings. The Balaban J connectivity index is 1.88. The topological polar surface area (TPSA) is 41.9 Å². The molecule has 2 aliphatic rings. The van der Waals surface area contributed by atoms with Crippen molar-refractivity contribution >= 4 is 5.71 Å². The first-order chi connectivity index (χ1) is 8.68. The number of hydrogen-bond donors (Lipinski definition) is 0. The van der Waals surface area contributed by atoms with E-state index in [1.54, 1.807) is 0 Å². The lowest BCUT2D eigenvalue weighted by Crippen LogP contribution is -2.49. The minimum absolute atomic E-state index is 0.0733. The SMILES string of the molecule is CN1CC2(Cc3ccccc3)CN([O-])CCC2=N1. The van der Waals surface area contributed by atoms with E-state index in [9.17, 15) is 5.21 Å². The van der Waals surface area contributed by atoms with Crippen LogP contribution in [0.4, 0.5) is 0 Å². The van der Waals surface area contributed by atoms with Crippen LogP contribution in [0.15, 0.2) is 35.4 Å². The number of hydroxylamine groups is 2. The largest absolute Gasteiger partial charge is 0.785 e. The van der Waals surface area contributed by atoms with E-state index in [0.29, 0.717) is 13.1 Å². The van der Waals surface area contributed by atoms with Crippen LogP contribution in [0.2, 0.25) is 0 Å². The van der Waals surface area contributed by atoms with Gasteiger partial charge < -0.3 is 10.3 Å². The predicted octanol–water partition coefficient (Wildman–Crippen LogP) is 1.72. The zero-order valence-corrected chi connectivity index (χ0v) is 10.7. The van der Waals surface area contributed by atoms with Crippen LogP contribution in [-0.4, -0.2) is 42.5 Å². The molecule has 0 amide bonds. The van der Waals surface area contributed by atoms with Crippen LogP contribution in [0.5, 0.6) is 0 Å². The molecular formula is C14H18N3O-. The van der Waals surface area contributed by atoms with E-state index in [2.05, 4.69) is 29.4 Å². The lowest BCUT2D eigenvalue weighted by Gasteiger charge is -2.44. The Morgan fingerprint density at radius 2 is 2.06 bits per heavy atom. The fraction of sp³-hybridized carbons (Fsp3) is 0.500. The van der Waals surface area contributed by atoms with E-state index in [0.717, 1.165) is 19.4 Å². The van der Waals surface area contributed by atoms with Crippen LogP contribution in [0.1, 0.15) is 12.0 Å². The Hall–Kier alpha value is -1.39. The summed E-state index contributed by atoms with van der Waals surface area (Å²) < 4.78 is 0. The first-order valence-corrected chi connectivity index (χ1v) is 6.43. The van der Waals surface area contributed by atoms with Crippen LogP contribution in [-0.2, 0) is 6.42 Å². The fourth-order valence-electron chi connectivity index (χ4n) is 3.18. The van der Waals surface area contributed by atoms with Gasteiger partial charge in [-0.05, 0) is 31.5 Å². The molecule has 1 atom stereocenters. The molecule has 1 fully saturated rings. The molecule has 1 unspecified atom stereocenters. The average molecular weight is 244 g/mol. The van der Waals surface area contributed by atoms with Crippen LogP contribution in [0.3, 0.4) is 0 Å². The monoisotopic (exact) mass is 244 g/mol.